The molecule has 0 radical (unpaired) electrons. The Morgan fingerprint density at radius 1 is 1.19 bits per heavy atom. The average molecular weight is 372 g/mol. The molecule has 3 aliphatic rings. The van der Waals surface area contributed by atoms with Crippen molar-refractivity contribution in [3.05, 3.63) is 35.9 Å². The number of benzene rings is 1. The van der Waals surface area contributed by atoms with Crippen molar-refractivity contribution in [2.45, 2.75) is 63.2 Å². The Labute approximate surface area is 162 Å². The molecule has 5 nitrogen and oxygen atoms in total. The maximum absolute atomic E-state index is 13.2. The molecule has 0 aliphatic carbocycles. The topological polar surface area (TPSA) is 53.6 Å². The lowest BCUT2D eigenvalue weighted by atomic mass is 9.78. The van der Waals surface area contributed by atoms with Gasteiger partial charge in [0.25, 0.3) is 0 Å². The first kappa shape index (κ1) is 18.9. The van der Waals surface area contributed by atoms with Crippen molar-refractivity contribution in [1.82, 2.24) is 15.5 Å². The molecule has 2 unspecified atom stereocenters. The van der Waals surface area contributed by atoms with E-state index >= 15 is 0 Å². The van der Waals surface area contributed by atoms with E-state index in [2.05, 4.69) is 45.9 Å². The number of nitrogens with one attached hydrogen (secondary N) is 2. The third-order valence-corrected chi connectivity index (χ3v) is 6.89. The zero-order valence-corrected chi connectivity index (χ0v) is 16.5. The number of nitrogens with zero attached hydrogens (tertiary/aromatic N) is 1. The molecule has 2 atom stereocenters. The third kappa shape index (κ3) is 4.05. The number of amides is 1. The zero-order valence-electron chi connectivity index (χ0n) is 16.5. The molecule has 0 spiro atoms. The molecular weight excluding hydrogens is 338 g/mol. The van der Waals surface area contributed by atoms with E-state index in [1.165, 1.54) is 18.4 Å². The molecule has 27 heavy (non-hydrogen) atoms. The predicted octanol–water partition coefficient (Wildman–Crippen LogP) is 2.31. The summed E-state index contributed by atoms with van der Waals surface area (Å²) in [5, 5.41) is 6.79. The van der Waals surface area contributed by atoms with Crippen LogP contribution in [0.5, 0.6) is 0 Å². The van der Waals surface area contributed by atoms with Crippen LogP contribution in [0.1, 0.15) is 44.1 Å². The summed E-state index contributed by atoms with van der Waals surface area (Å²) in [6, 6.07) is 12.3. The van der Waals surface area contributed by atoms with Gasteiger partial charge >= 0.3 is 0 Å². The highest BCUT2D eigenvalue weighted by Crippen LogP contribution is 2.38. The molecule has 3 fully saturated rings. The van der Waals surface area contributed by atoms with Crippen molar-refractivity contribution in [2.24, 2.45) is 5.41 Å². The fourth-order valence-electron chi connectivity index (χ4n) is 5.40. The number of rotatable bonds is 6. The van der Waals surface area contributed by atoms with E-state index in [1.807, 2.05) is 0 Å². The maximum Gasteiger partial charge on any atom is 0.228 e. The van der Waals surface area contributed by atoms with Crippen LogP contribution < -0.4 is 10.6 Å². The molecule has 3 heterocycles. The van der Waals surface area contributed by atoms with Gasteiger partial charge in [-0.3, -0.25) is 9.69 Å². The van der Waals surface area contributed by atoms with Crippen LogP contribution in [0.2, 0.25) is 0 Å². The highest BCUT2D eigenvalue weighted by molar-refractivity contribution is 5.83. The summed E-state index contributed by atoms with van der Waals surface area (Å²) in [6.45, 7) is 3.37. The lowest BCUT2D eigenvalue weighted by molar-refractivity contribution is -0.137. The van der Waals surface area contributed by atoms with Gasteiger partial charge in [-0.1, -0.05) is 30.3 Å². The summed E-state index contributed by atoms with van der Waals surface area (Å²) in [4.78, 5) is 15.8. The first-order valence-electron chi connectivity index (χ1n) is 10.5. The first-order valence-corrected chi connectivity index (χ1v) is 10.5. The molecule has 4 rings (SSSR count). The highest BCUT2D eigenvalue weighted by Gasteiger charge is 2.44. The van der Waals surface area contributed by atoms with Crippen LogP contribution in [0.15, 0.2) is 30.3 Å². The predicted molar refractivity (Wildman–Crippen MR) is 106 cm³/mol. The van der Waals surface area contributed by atoms with Gasteiger partial charge in [0.05, 0.1) is 12.0 Å². The minimum Gasteiger partial charge on any atom is -0.384 e. The van der Waals surface area contributed by atoms with Crippen molar-refractivity contribution in [3.8, 4) is 0 Å². The molecule has 5 heteroatoms. The van der Waals surface area contributed by atoms with E-state index < -0.39 is 0 Å². The Bertz CT molecular complexity index is 610. The average Bonchev–Trinajstić information content (AvgIpc) is 2.92. The van der Waals surface area contributed by atoms with Gasteiger partial charge in [0.15, 0.2) is 0 Å². The summed E-state index contributed by atoms with van der Waals surface area (Å²) in [6.07, 6.45) is 6.42. The lowest BCUT2D eigenvalue weighted by Crippen LogP contribution is -2.55. The van der Waals surface area contributed by atoms with E-state index in [0.717, 1.165) is 45.3 Å². The van der Waals surface area contributed by atoms with E-state index in [0.29, 0.717) is 24.7 Å². The summed E-state index contributed by atoms with van der Waals surface area (Å²) in [5.41, 5.74) is 1.05. The van der Waals surface area contributed by atoms with Gasteiger partial charge in [0.2, 0.25) is 5.91 Å². The van der Waals surface area contributed by atoms with Crippen LogP contribution in [0.25, 0.3) is 0 Å². The monoisotopic (exact) mass is 371 g/mol. The second kappa shape index (κ2) is 8.29. The van der Waals surface area contributed by atoms with E-state index in [1.54, 1.807) is 7.11 Å². The number of methoxy groups -OCH3 is 1. The number of hydrogen-bond acceptors (Lipinski definition) is 4. The summed E-state index contributed by atoms with van der Waals surface area (Å²) < 4.78 is 5.44. The normalized spacial score (nSPS) is 30.2. The van der Waals surface area contributed by atoms with Crippen LogP contribution in [-0.4, -0.2) is 55.7 Å². The molecule has 1 aromatic rings. The van der Waals surface area contributed by atoms with Gasteiger partial charge in [0, 0.05) is 31.8 Å². The minimum absolute atomic E-state index is 0.215. The largest absolute Gasteiger partial charge is 0.384 e. The molecule has 2 bridgehead atoms. The van der Waals surface area contributed by atoms with E-state index in [9.17, 15) is 4.79 Å². The number of carbonyl (C=O) groups excluding carboxylic acids is 1. The minimum atomic E-state index is -0.347. The third-order valence-electron chi connectivity index (χ3n) is 6.89. The Morgan fingerprint density at radius 2 is 1.85 bits per heavy atom. The number of ether oxygens (including phenoxy) is 1. The van der Waals surface area contributed by atoms with Gasteiger partial charge in [0.1, 0.15) is 0 Å². The summed E-state index contributed by atoms with van der Waals surface area (Å²) in [5.74, 6) is 0.215. The van der Waals surface area contributed by atoms with Gasteiger partial charge in [-0.05, 0) is 57.2 Å². The van der Waals surface area contributed by atoms with Gasteiger partial charge in [-0.2, -0.15) is 0 Å². The second-order valence-corrected chi connectivity index (χ2v) is 8.65. The number of piperidine rings is 2. The van der Waals surface area contributed by atoms with Gasteiger partial charge < -0.3 is 15.4 Å². The molecule has 1 amide bonds. The van der Waals surface area contributed by atoms with Crippen LogP contribution in [0.4, 0.5) is 0 Å². The number of fused-ring (bicyclic) bond motifs is 2. The summed E-state index contributed by atoms with van der Waals surface area (Å²) >= 11 is 0. The Kier molecular flexibility index (Phi) is 5.81. The molecule has 148 valence electrons. The zero-order chi connectivity index (χ0) is 18.7. The Balaban J connectivity index is 1.37. The summed E-state index contributed by atoms with van der Waals surface area (Å²) in [7, 11) is 1.71. The van der Waals surface area contributed by atoms with Crippen molar-refractivity contribution in [2.75, 3.05) is 26.8 Å². The standard InChI is InChI=1S/C22H33N3O2/c1-27-16-22(9-11-23-12-10-22)21(26)24-18-13-19-7-8-20(14-18)25(19)15-17-5-3-2-4-6-17/h2-6,18-20,23H,7-16H2,1H3,(H,24,26). The molecule has 0 aromatic heterocycles. The maximum atomic E-state index is 13.2. The van der Waals surface area contributed by atoms with Crippen molar-refractivity contribution in [3.63, 3.8) is 0 Å². The van der Waals surface area contributed by atoms with E-state index in [4.69, 9.17) is 4.74 Å². The quantitative estimate of drug-likeness (QED) is 0.806. The Hall–Kier alpha value is -1.43. The van der Waals surface area contributed by atoms with Crippen molar-refractivity contribution >= 4 is 5.91 Å². The fraction of sp³-hybridized carbons (Fsp3) is 0.682. The SMILES string of the molecule is COCC1(C(=O)NC2CC3CCC(C2)N3Cc2ccccc2)CCNCC1. The fourth-order valence-corrected chi connectivity index (χ4v) is 5.40. The van der Waals surface area contributed by atoms with Crippen LogP contribution in [-0.2, 0) is 16.1 Å². The van der Waals surface area contributed by atoms with Gasteiger partial charge in [-0.25, -0.2) is 0 Å². The molecule has 3 saturated heterocycles. The van der Waals surface area contributed by atoms with Crippen molar-refractivity contribution in [1.29, 1.82) is 0 Å². The van der Waals surface area contributed by atoms with Crippen molar-refractivity contribution < 1.29 is 9.53 Å². The number of carbonyl (C=O) groups is 1. The smallest absolute Gasteiger partial charge is 0.228 e. The molecule has 0 saturated carbocycles. The molecule has 2 N–H and O–H groups in total. The molecule has 1 aromatic carbocycles. The molecule has 3 aliphatic heterocycles. The molecular formula is C22H33N3O2. The second-order valence-electron chi connectivity index (χ2n) is 8.65. The van der Waals surface area contributed by atoms with E-state index in [-0.39, 0.29) is 11.3 Å². The lowest BCUT2D eigenvalue weighted by Gasteiger charge is -2.41. The highest BCUT2D eigenvalue weighted by atomic mass is 16.5. The van der Waals surface area contributed by atoms with Crippen LogP contribution >= 0.6 is 0 Å². The number of hydrogen-bond donors (Lipinski definition) is 2. The van der Waals surface area contributed by atoms with Crippen LogP contribution in [0.3, 0.4) is 0 Å². The van der Waals surface area contributed by atoms with Crippen LogP contribution in [0, 0.1) is 5.41 Å². The van der Waals surface area contributed by atoms with Gasteiger partial charge in [-0.15, -0.1) is 0 Å². The first-order chi connectivity index (χ1) is 13.2. The Morgan fingerprint density at radius 3 is 2.48 bits per heavy atom.